The van der Waals surface area contributed by atoms with Crippen LogP contribution in [0.25, 0.3) is 0 Å². The van der Waals surface area contributed by atoms with Gasteiger partial charge in [0.25, 0.3) is 0 Å². The molecule has 0 aromatic heterocycles. The Kier molecular flexibility index (Phi) is 5.36. The average molecular weight is 315 g/mol. The van der Waals surface area contributed by atoms with E-state index in [2.05, 4.69) is 19.0 Å². The Hall–Kier alpha value is -0.280. The van der Waals surface area contributed by atoms with E-state index in [1.807, 2.05) is 18.2 Å². The minimum atomic E-state index is -0.109. The van der Waals surface area contributed by atoms with Crippen LogP contribution in [0.5, 0.6) is 0 Å². The maximum Gasteiger partial charge on any atom is 0.0640 e. The Balaban J connectivity index is 2.40. The lowest BCUT2D eigenvalue weighted by atomic mass is 9.78. The molecule has 0 bridgehead atoms. The van der Waals surface area contributed by atoms with Gasteiger partial charge in [0.1, 0.15) is 0 Å². The molecule has 2 rings (SSSR count). The smallest absolute Gasteiger partial charge is 0.0640 e. The predicted octanol–water partition coefficient (Wildman–Crippen LogP) is 4.65. The molecule has 0 spiro atoms. The fourth-order valence-electron chi connectivity index (χ4n) is 3.43. The van der Waals surface area contributed by atoms with E-state index in [0.717, 1.165) is 18.4 Å². The summed E-state index contributed by atoms with van der Waals surface area (Å²) in [7, 11) is 4.26. The van der Waals surface area contributed by atoms with Gasteiger partial charge in [-0.1, -0.05) is 61.0 Å². The topological polar surface area (TPSA) is 29.3 Å². The molecule has 0 heterocycles. The molecule has 1 aliphatic rings. The van der Waals surface area contributed by atoms with Crippen LogP contribution in [0.3, 0.4) is 0 Å². The summed E-state index contributed by atoms with van der Waals surface area (Å²) in [5.74, 6) is 0. The van der Waals surface area contributed by atoms with Crippen LogP contribution in [0.2, 0.25) is 10.0 Å². The third-order valence-corrected chi connectivity index (χ3v) is 5.59. The maximum absolute atomic E-state index is 6.66. The van der Waals surface area contributed by atoms with Crippen LogP contribution < -0.4 is 5.73 Å². The molecule has 0 amide bonds. The van der Waals surface area contributed by atoms with E-state index < -0.39 is 0 Å². The largest absolute Gasteiger partial charge is 0.322 e. The molecule has 1 fully saturated rings. The second kappa shape index (κ2) is 6.65. The number of hydrogen-bond donors (Lipinski definition) is 1. The zero-order chi connectivity index (χ0) is 14.8. The molecule has 0 aliphatic heterocycles. The standard InChI is InChI=1S/C16H24Cl2N2/c1-20(2)16(10-5-3-4-6-11-16)15(19)12-8-7-9-13(17)14(12)18/h7-9,15H,3-6,10-11,19H2,1-2H3. The highest BCUT2D eigenvalue weighted by atomic mass is 35.5. The molecule has 4 heteroatoms. The van der Waals surface area contributed by atoms with Gasteiger partial charge in [0.05, 0.1) is 10.0 Å². The molecular weight excluding hydrogens is 291 g/mol. The van der Waals surface area contributed by atoms with E-state index in [4.69, 9.17) is 28.9 Å². The fraction of sp³-hybridized carbons (Fsp3) is 0.625. The minimum Gasteiger partial charge on any atom is -0.322 e. The summed E-state index contributed by atoms with van der Waals surface area (Å²) in [6.07, 6.45) is 7.28. The molecule has 112 valence electrons. The van der Waals surface area contributed by atoms with E-state index in [1.54, 1.807) is 0 Å². The van der Waals surface area contributed by atoms with Gasteiger partial charge in [0, 0.05) is 11.6 Å². The van der Waals surface area contributed by atoms with E-state index in [9.17, 15) is 0 Å². The fourth-order valence-corrected chi connectivity index (χ4v) is 3.85. The van der Waals surface area contributed by atoms with Gasteiger partial charge in [-0.15, -0.1) is 0 Å². The molecule has 1 aromatic rings. The Bertz CT molecular complexity index is 452. The zero-order valence-electron chi connectivity index (χ0n) is 12.3. The molecule has 1 aliphatic carbocycles. The van der Waals surface area contributed by atoms with Crippen molar-refractivity contribution in [2.24, 2.45) is 5.73 Å². The van der Waals surface area contributed by atoms with Gasteiger partial charge >= 0.3 is 0 Å². The molecule has 0 radical (unpaired) electrons. The second-order valence-electron chi connectivity index (χ2n) is 6.03. The van der Waals surface area contributed by atoms with Crippen molar-refractivity contribution in [1.82, 2.24) is 4.90 Å². The number of benzene rings is 1. The van der Waals surface area contributed by atoms with Crippen LogP contribution in [0.1, 0.15) is 50.1 Å². The lowest BCUT2D eigenvalue weighted by Crippen LogP contribution is -2.52. The summed E-state index contributed by atoms with van der Waals surface area (Å²) in [4.78, 5) is 2.29. The Morgan fingerprint density at radius 3 is 2.25 bits per heavy atom. The van der Waals surface area contributed by atoms with Crippen LogP contribution in [0.4, 0.5) is 0 Å². The Labute approximate surface area is 132 Å². The van der Waals surface area contributed by atoms with E-state index in [0.29, 0.717) is 10.0 Å². The molecule has 2 N–H and O–H groups in total. The highest BCUT2D eigenvalue weighted by Gasteiger charge is 2.40. The third-order valence-electron chi connectivity index (χ3n) is 4.76. The molecule has 1 aromatic carbocycles. The van der Waals surface area contributed by atoms with Gasteiger partial charge in [-0.3, -0.25) is 0 Å². The monoisotopic (exact) mass is 314 g/mol. The first kappa shape index (κ1) is 16.1. The number of nitrogens with zero attached hydrogens (tertiary/aromatic N) is 1. The van der Waals surface area contributed by atoms with Crippen LogP contribution >= 0.6 is 23.2 Å². The normalized spacial score (nSPS) is 20.7. The molecule has 1 saturated carbocycles. The van der Waals surface area contributed by atoms with Crippen molar-refractivity contribution in [2.75, 3.05) is 14.1 Å². The van der Waals surface area contributed by atoms with Crippen LogP contribution in [-0.2, 0) is 0 Å². The summed E-state index contributed by atoms with van der Waals surface area (Å²) in [6, 6.07) is 5.65. The summed E-state index contributed by atoms with van der Waals surface area (Å²) >= 11 is 12.5. The van der Waals surface area contributed by atoms with E-state index in [1.165, 1.54) is 25.7 Å². The molecule has 1 unspecified atom stereocenters. The molecule has 1 atom stereocenters. The highest BCUT2D eigenvalue weighted by molar-refractivity contribution is 6.42. The molecule has 2 nitrogen and oxygen atoms in total. The lowest BCUT2D eigenvalue weighted by Gasteiger charge is -2.44. The highest BCUT2D eigenvalue weighted by Crippen LogP contribution is 2.42. The van der Waals surface area contributed by atoms with Crippen molar-refractivity contribution in [1.29, 1.82) is 0 Å². The van der Waals surface area contributed by atoms with Crippen molar-refractivity contribution in [3.8, 4) is 0 Å². The Morgan fingerprint density at radius 1 is 1.10 bits per heavy atom. The maximum atomic E-state index is 6.66. The van der Waals surface area contributed by atoms with Gasteiger partial charge in [0.15, 0.2) is 0 Å². The van der Waals surface area contributed by atoms with Gasteiger partial charge in [-0.2, -0.15) is 0 Å². The number of nitrogens with two attached hydrogens (primary N) is 1. The summed E-state index contributed by atoms with van der Waals surface area (Å²) in [6.45, 7) is 0. The number of rotatable bonds is 3. The molecular formula is C16H24Cl2N2. The lowest BCUT2D eigenvalue weighted by molar-refractivity contribution is 0.0969. The van der Waals surface area contributed by atoms with Crippen molar-refractivity contribution in [3.63, 3.8) is 0 Å². The van der Waals surface area contributed by atoms with Gasteiger partial charge in [-0.25, -0.2) is 0 Å². The number of likely N-dealkylation sites (N-methyl/N-ethyl adjacent to an activating group) is 1. The molecule has 0 saturated heterocycles. The van der Waals surface area contributed by atoms with Crippen LogP contribution in [0, 0.1) is 0 Å². The Morgan fingerprint density at radius 2 is 1.70 bits per heavy atom. The van der Waals surface area contributed by atoms with Crippen molar-refractivity contribution >= 4 is 23.2 Å². The quantitative estimate of drug-likeness (QED) is 0.823. The predicted molar refractivity (Wildman–Crippen MR) is 87.5 cm³/mol. The van der Waals surface area contributed by atoms with Crippen LogP contribution in [-0.4, -0.2) is 24.5 Å². The first-order chi connectivity index (χ1) is 9.49. The van der Waals surface area contributed by atoms with Crippen molar-refractivity contribution in [2.45, 2.75) is 50.1 Å². The van der Waals surface area contributed by atoms with Crippen molar-refractivity contribution < 1.29 is 0 Å². The zero-order valence-corrected chi connectivity index (χ0v) is 13.8. The second-order valence-corrected chi connectivity index (χ2v) is 6.82. The number of halogens is 2. The minimum absolute atomic E-state index is 0.0230. The van der Waals surface area contributed by atoms with Gasteiger partial charge < -0.3 is 10.6 Å². The first-order valence-corrected chi connectivity index (χ1v) is 8.11. The van der Waals surface area contributed by atoms with Crippen molar-refractivity contribution in [3.05, 3.63) is 33.8 Å². The third kappa shape index (κ3) is 2.99. The summed E-state index contributed by atoms with van der Waals surface area (Å²) in [5, 5.41) is 1.19. The average Bonchev–Trinajstić information content (AvgIpc) is 2.68. The van der Waals surface area contributed by atoms with Gasteiger partial charge in [-0.05, 0) is 38.6 Å². The summed E-state index contributed by atoms with van der Waals surface area (Å²) < 4.78 is 0. The van der Waals surface area contributed by atoms with E-state index >= 15 is 0 Å². The SMILES string of the molecule is CN(C)C1(C(N)c2cccc(Cl)c2Cl)CCCCCC1. The number of hydrogen-bond acceptors (Lipinski definition) is 2. The summed E-state index contributed by atoms with van der Waals surface area (Å²) in [5.41, 5.74) is 7.60. The van der Waals surface area contributed by atoms with Gasteiger partial charge in [0.2, 0.25) is 0 Å². The molecule has 20 heavy (non-hydrogen) atoms. The van der Waals surface area contributed by atoms with Crippen LogP contribution in [0.15, 0.2) is 18.2 Å². The first-order valence-electron chi connectivity index (χ1n) is 7.36. The van der Waals surface area contributed by atoms with E-state index in [-0.39, 0.29) is 11.6 Å².